The van der Waals surface area contributed by atoms with Crippen LogP contribution in [0.3, 0.4) is 0 Å². The van der Waals surface area contributed by atoms with Gasteiger partial charge in [-0.3, -0.25) is 0 Å². The van der Waals surface area contributed by atoms with E-state index in [-0.39, 0.29) is 16.5 Å². The summed E-state index contributed by atoms with van der Waals surface area (Å²) >= 11 is 2.94. The minimum atomic E-state index is -0.762. The standard InChI is InChI=1S/C9H7BrF2O2/c1-14-9(13)5-2-7(11)6(4-10)8(12)3-5/h2-3H,4H2,1H3. The fraction of sp³-hybridized carbons (Fsp3) is 0.222. The Hall–Kier alpha value is -0.970. The van der Waals surface area contributed by atoms with Gasteiger partial charge in [0, 0.05) is 10.9 Å². The molecule has 0 aliphatic rings. The normalized spacial score (nSPS) is 10.0. The highest BCUT2D eigenvalue weighted by Gasteiger charge is 2.14. The fourth-order valence-corrected chi connectivity index (χ4v) is 1.50. The van der Waals surface area contributed by atoms with Gasteiger partial charge in [-0.1, -0.05) is 15.9 Å². The molecule has 0 saturated carbocycles. The van der Waals surface area contributed by atoms with Crippen LogP contribution in [0.1, 0.15) is 15.9 Å². The molecule has 0 aliphatic heterocycles. The van der Waals surface area contributed by atoms with Crippen molar-refractivity contribution < 1.29 is 18.3 Å². The first-order valence-corrected chi connectivity index (χ1v) is 4.84. The summed E-state index contributed by atoms with van der Waals surface area (Å²) in [5.41, 5.74) is -0.232. The van der Waals surface area contributed by atoms with Crippen LogP contribution < -0.4 is 0 Å². The molecule has 2 nitrogen and oxygen atoms in total. The van der Waals surface area contributed by atoms with Gasteiger partial charge in [0.2, 0.25) is 0 Å². The van der Waals surface area contributed by atoms with Gasteiger partial charge in [-0.2, -0.15) is 0 Å². The minimum Gasteiger partial charge on any atom is -0.465 e. The van der Waals surface area contributed by atoms with Crippen LogP contribution in [0.25, 0.3) is 0 Å². The number of benzene rings is 1. The van der Waals surface area contributed by atoms with Crippen LogP contribution >= 0.6 is 15.9 Å². The molecule has 76 valence electrons. The van der Waals surface area contributed by atoms with Crippen LogP contribution in [0.5, 0.6) is 0 Å². The Labute approximate surface area is 88.0 Å². The average molecular weight is 265 g/mol. The van der Waals surface area contributed by atoms with Crippen molar-refractivity contribution in [1.29, 1.82) is 0 Å². The van der Waals surface area contributed by atoms with Crippen molar-refractivity contribution >= 4 is 21.9 Å². The molecule has 0 atom stereocenters. The predicted octanol–water partition coefficient (Wildman–Crippen LogP) is 2.65. The van der Waals surface area contributed by atoms with Crippen LogP contribution in [-0.2, 0) is 10.1 Å². The van der Waals surface area contributed by atoms with Crippen LogP contribution in [0.2, 0.25) is 0 Å². The van der Waals surface area contributed by atoms with E-state index in [9.17, 15) is 13.6 Å². The Balaban J connectivity index is 3.20. The molecule has 0 bridgehead atoms. The zero-order valence-corrected chi connectivity index (χ0v) is 8.90. The third-order valence-corrected chi connectivity index (χ3v) is 2.26. The van der Waals surface area contributed by atoms with Gasteiger partial charge in [0.15, 0.2) is 0 Å². The summed E-state index contributed by atoms with van der Waals surface area (Å²) in [4.78, 5) is 11.0. The largest absolute Gasteiger partial charge is 0.465 e. The quantitative estimate of drug-likeness (QED) is 0.607. The minimum absolute atomic E-state index is 0.0616. The lowest BCUT2D eigenvalue weighted by Crippen LogP contribution is -2.04. The predicted molar refractivity (Wildman–Crippen MR) is 50.3 cm³/mol. The monoisotopic (exact) mass is 264 g/mol. The number of ether oxygens (including phenoxy) is 1. The molecule has 14 heavy (non-hydrogen) atoms. The molecule has 1 rings (SSSR count). The first-order chi connectivity index (χ1) is 6.60. The van der Waals surface area contributed by atoms with E-state index in [4.69, 9.17) is 0 Å². The summed E-state index contributed by atoms with van der Waals surface area (Å²) in [7, 11) is 1.15. The maximum Gasteiger partial charge on any atom is 0.338 e. The van der Waals surface area contributed by atoms with Crippen molar-refractivity contribution in [3.8, 4) is 0 Å². The third-order valence-electron chi connectivity index (χ3n) is 1.70. The van der Waals surface area contributed by atoms with Crippen molar-refractivity contribution in [2.75, 3.05) is 7.11 Å². The Morgan fingerprint density at radius 2 is 1.93 bits per heavy atom. The highest BCUT2D eigenvalue weighted by atomic mass is 79.9. The van der Waals surface area contributed by atoms with E-state index in [0.717, 1.165) is 19.2 Å². The lowest BCUT2D eigenvalue weighted by atomic mass is 10.1. The highest BCUT2D eigenvalue weighted by Crippen LogP contribution is 2.18. The Morgan fingerprint density at radius 1 is 1.43 bits per heavy atom. The molecule has 0 unspecified atom stereocenters. The molecular weight excluding hydrogens is 258 g/mol. The SMILES string of the molecule is COC(=O)c1cc(F)c(CBr)c(F)c1. The molecule has 1 aromatic carbocycles. The molecule has 0 amide bonds. The molecule has 0 aliphatic carbocycles. The number of esters is 1. The lowest BCUT2D eigenvalue weighted by Gasteiger charge is -2.04. The number of carbonyl (C=O) groups excluding carboxylic acids is 1. The average Bonchev–Trinajstić information content (AvgIpc) is 2.16. The van der Waals surface area contributed by atoms with Gasteiger partial charge in [-0.25, -0.2) is 13.6 Å². The summed E-state index contributed by atoms with van der Waals surface area (Å²) in [6, 6.07) is 1.90. The summed E-state index contributed by atoms with van der Waals surface area (Å²) in [5, 5.41) is 0.0616. The first kappa shape index (κ1) is 11.1. The Morgan fingerprint density at radius 3 is 2.29 bits per heavy atom. The van der Waals surface area contributed by atoms with Crippen molar-refractivity contribution in [2.24, 2.45) is 0 Å². The zero-order valence-electron chi connectivity index (χ0n) is 7.31. The molecule has 0 N–H and O–H groups in total. The fourth-order valence-electron chi connectivity index (χ4n) is 0.966. The van der Waals surface area contributed by atoms with E-state index >= 15 is 0 Å². The molecule has 0 fully saturated rings. The molecule has 0 spiro atoms. The maximum absolute atomic E-state index is 13.1. The molecule has 5 heteroatoms. The summed E-state index contributed by atoms with van der Waals surface area (Å²) in [6.07, 6.45) is 0. The Kier molecular flexibility index (Phi) is 3.57. The topological polar surface area (TPSA) is 26.3 Å². The zero-order chi connectivity index (χ0) is 10.7. The van der Waals surface area contributed by atoms with E-state index in [2.05, 4.69) is 20.7 Å². The van der Waals surface area contributed by atoms with Gasteiger partial charge in [-0.15, -0.1) is 0 Å². The molecule has 0 radical (unpaired) electrons. The number of methoxy groups -OCH3 is 1. The smallest absolute Gasteiger partial charge is 0.338 e. The number of rotatable bonds is 2. The van der Waals surface area contributed by atoms with E-state index < -0.39 is 17.6 Å². The van der Waals surface area contributed by atoms with Gasteiger partial charge in [0.05, 0.1) is 12.7 Å². The second-order valence-corrected chi connectivity index (χ2v) is 3.10. The van der Waals surface area contributed by atoms with Gasteiger partial charge >= 0.3 is 5.97 Å². The number of hydrogen-bond acceptors (Lipinski definition) is 2. The molecule has 0 aromatic heterocycles. The van der Waals surface area contributed by atoms with Gasteiger partial charge in [0.1, 0.15) is 11.6 Å². The van der Waals surface area contributed by atoms with Crippen molar-refractivity contribution in [3.63, 3.8) is 0 Å². The van der Waals surface area contributed by atoms with E-state index in [0.29, 0.717) is 0 Å². The van der Waals surface area contributed by atoms with Crippen LogP contribution in [0.15, 0.2) is 12.1 Å². The number of alkyl halides is 1. The second kappa shape index (κ2) is 4.50. The maximum atomic E-state index is 13.1. The van der Waals surface area contributed by atoms with Crippen molar-refractivity contribution in [2.45, 2.75) is 5.33 Å². The van der Waals surface area contributed by atoms with Gasteiger partial charge in [-0.05, 0) is 12.1 Å². The van der Waals surface area contributed by atoms with Crippen LogP contribution in [-0.4, -0.2) is 13.1 Å². The van der Waals surface area contributed by atoms with E-state index in [1.165, 1.54) is 0 Å². The van der Waals surface area contributed by atoms with Gasteiger partial charge < -0.3 is 4.74 Å². The van der Waals surface area contributed by atoms with Crippen molar-refractivity contribution in [3.05, 3.63) is 34.9 Å². The van der Waals surface area contributed by atoms with Gasteiger partial charge in [0.25, 0.3) is 0 Å². The Bertz CT molecular complexity index is 343. The number of carbonyl (C=O) groups is 1. The summed E-state index contributed by atoms with van der Waals surface area (Å²) in [5.74, 6) is -2.28. The second-order valence-electron chi connectivity index (χ2n) is 2.54. The van der Waals surface area contributed by atoms with Crippen LogP contribution in [0.4, 0.5) is 8.78 Å². The molecule has 1 aromatic rings. The van der Waals surface area contributed by atoms with Crippen molar-refractivity contribution in [1.82, 2.24) is 0 Å². The van der Waals surface area contributed by atoms with Crippen LogP contribution in [0, 0.1) is 11.6 Å². The summed E-state index contributed by atoms with van der Waals surface area (Å²) in [6.45, 7) is 0. The first-order valence-electron chi connectivity index (χ1n) is 3.72. The lowest BCUT2D eigenvalue weighted by molar-refractivity contribution is 0.0599. The third kappa shape index (κ3) is 2.09. The highest BCUT2D eigenvalue weighted by molar-refractivity contribution is 9.08. The number of hydrogen-bond donors (Lipinski definition) is 0. The molecule has 0 heterocycles. The van der Waals surface area contributed by atoms with E-state index in [1.807, 2.05) is 0 Å². The number of halogens is 3. The molecule has 0 saturated heterocycles. The molecular formula is C9H7BrF2O2. The summed E-state index contributed by atoms with van der Waals surface area (Å²) < 4.78 is 30.6. The van der Waals surface area contributed by atoms with E-state index in [1.54, 1.807) is 0 Å².